The third-order valence-electron chi connectivity index (χ3n) is 2.76. The Bertz CT molecular complexity index is 893. The van der Waals surface area contributed by atoms with E-state index in [2.05, 4.69) is 20.0 Å². The molecule has 116 valence electrons. The highest BCUT2D eigenvalue weighted by atomic mass is 35.5. The van der Waals surface area contributed by atoms with Crippen LogP contribution in [0.1, 0.15) is 5.01 Å². The van der Waals surface area contributed by atoms with Crippen molar-refractivity contribution < 1.29 is 8.42 Å². The van der Waals surface area contributed by atoms with E-state index in [4.69, 9.17) is 23.2 Å². The number of hydrogen-bond donors (Lipinski definition) is 1. The lowest BCUT2D eigenvalue weighted by molar-refractivity contribution is 0.581. The van der Waals surface area contributed by atoms with Gasteiger partial charge < -0.3 is 0 Å². The summed E-state index contributed by atoms with van der Waals surface area (Å²) < 4.78 is 28.3. The van der Waals surface area contributed by atoms with Gasteiger partial charge in [0.25, 0.3) is 0 Å². The molecule has 0 aliphatic rings. The largest absolute Gasteiger partial charge is 0.240 e. The number of sulfonamides is 1. The van der Waals surface area contributed by atoms with Crippen molar-refractivity contribution in [3.8, 4) is 0 Å². The highest BCUT2D eigenvalue weighted by Crippen LogP contribution is 2.24. The van der Waals surface area contributed by atoms with Crippen LogP contribution >= 0.6 is 34.5 Å². The van der Waals surface area contributed by atoms with E-state index in [1.165, 1.54) is 35.9 Å². The van der Waals surface area contributed by atoms with Gasteiger partial charge in [-0.15, -0.1) is 10.2 Å². The molecule has 2 aromatic heterocycles. The molecule has 0 unspecified atom stereocenters. The number of benzene rings is 1. The van der Waals surface area contributed by atoms with Gasteiger partial charge in [-0.1, -0.05) is 34.5 Å². The summed E-state index contributed by atoms with van der Waals surface area (Å²) in [6.07, 6.45) is 1.95. The smallest absolute Gasteiger partial charge is 0.211 e. The van der Waals surface area contributed by atoms with Crippen LogP contribution in [0.4, 0.5) is 0 Å². The van der Waals surface area contributed by atoms with Crippen LogP contribution in [-0.4, -0.2) is 34.8 Å². The summed E-state index contributed by atoms with van der Waals surface area (Å²) in [6.45, 7) is 0.215. The van der Waals surface area contributed by atoms with Gasteiger partial charge in [0.2, 0.25) is 15.0 Å². The van der Waals surface area contributed by atoms with E-state index < -0.39 is 10.0 Å². The van der Waals surface area contributed by atoms with E-state index in [0.29, 0.717) is 16.4 Å². The summed E-state index contributed by atoms with van der Waals surface area (Å²) in [6, 6.07) is 4.16. The van der Waals surface area contributed by atoms with Gasteiger partial charge in [0.05, 0.1) is 14.9 Å². The van der Waals surface area contributed by atoms with E-state index in [1.807, 2.05) is 0 Å². The Hall–Kier alpha value is -1.26. The number of rotatable bonds is 5. The lowest BCUT2D eigenvalue weighted by Gasteiger charge is -2.06. The van der Waals surface area contributed by atoms with Crippen molar-refractivity contribution in [1.29, 1.82) is 0 Å². The maximum absolute atomic E-state index is 12.2. The van der Waals surface area contributed by atoms with Crippen molar-refractivity contribution in [2.24, 2.45) is 0 Å². The molecule has 0 radical (unpaired) electrons. The molecule has 0 aliphatic heterocycles. The number of hydrogen-bond acceptors (Lipinski definition) is 6. The quantitative estimate of drug-likeness (QED) is 0.734. The second kappa shape index (κ2) is 6.09. The Balaban J connectivity index is 1.66. The fourth-order valence-corrected chi connectivity index (χ4v) is 3.96. The first-order chi connectivity index (χ1) is 10.5. The monoisotopic (exact) mass is 377 g/mol. The van der Waals surface area contributed by atoms with Crippen LogP contribution in [0.15, 0.2) is 29.4 Å². The van der Waals surface area contributed by atoms with Gasteiger partial charge in [-0.2, -0.15) is 9.61 Å². The molecule has 0 saturated carbocycles. The maximum Gasteiger partial charge on any atom is 0.240 e. The first-order valence-electron chi connectivity index (χ1n) is 6.06. The van der Waals surface area contributed by atoms with Crippen molar-refractivity contribution in [3.05, 3.63) is 39.6 Å². The predicted octanol–water partition coefficient (Wildman–Crippen LogP) is 2.01. The lowest BCUT2D eigenvalue weighted by Crippen LogP contribution is -2.26. The molecule has 0 atom stereocenters. The molecule has 11 heteroatoms. The Morgan fingerprint density at radius 3 is 2.82 bits per heavy atom. The van der Waals surface area contributed by atoms with Crippen LogP contribution in [0.5, 0.6) is 0 Å². The van der Waals surface area contributed by atoms with Crippen LogP contribution in [0.2, 0.25) is 10.0 Å². The van der Waals surface area contributed by atoms with Gasteiger partial charge in [-0.05, 0) is 18.2 Å². The van der Waals surface area contributed by atoms with Crippen LogP contribution in [0, 0.1) is 0 Å². The topological polar surface area (TPSA) is 89.2 Å². The van der Waals surface area contributed by atoms with E-state index in [-0.39, 0.29) is 16.5 Å². The van der Waals surface area contributed by atoms with Gasteiger partial charge in [0, 0.05) is 13.0 Å². The van der Waals surface area contributed by atoms with Crippen LogP contribution in [-0.2, 0) is 16.4 Å². The number of fused-ring (bicyclic) bond motifs is 1. The highest BCUT2D eigenvalue weighted by molar-refractivity contribution is 7.89. The molecule has 0 bridgehead atoms. The predicted molar refractivity (Wildman–Crippen MR) is 84.0 cm³/mol. The van der Waals surface area contributed by atoms with Crippen molar-refractivity contribution >= 4 is 49.5 Å². The normalized spacial score (nSPS) is 12.1. The molecule has 1 aromatic carbocycles. The summed E-state index contributed by atoms with van der Waals surface area (Å²) in [4.78, 5) is 0.738. The average Bonchev–Trinajstić information content (AvgIpc) is 3.02. The highest BCUT2D eigenvalue weighted by Gasteiger charge is 2.15. The minimum atomic E-state index is -3.64. The summed E-state index contributed by atoms with van der Waals surface area (Å²) in [5.41, 5.74) is 0. The molecule has 0 amide bonds. The molecular formula is C11H9Cl2N5O2S2. The lowest BCUT2D eigenvalue weighted by atomic mass is 10.4. The molecule has 2 heterocycles. The van der Waals surface area contributed by atoms with Gasteiger partial charge in [0.1, 0.15) is 11.3 Å². The fraction of sp³-hybridized carbons (Fsp3) is 0.182. The zero-order chi connectivity index (χ0) is 15.7. The number of halogens is 2. The summed E-state index contributed by atoms with van der Waals surface area (Å²) in [5.74, 6) is 0. The van der Waals surface area contributed by atoms with E-state index >= 15 is 0 Å². The van der Waals surface area contributed by atoms with Crippen LogP contribution in [0.3, 0.4) is 0 Å². The summed E-state index contributed by atoms with van der Waals surface area (Å²) in [5, 5.41) is 13.1. The zero-order valence-electron chi connectivity index (χ0n) is 10.9. The number of nitrogens with one attached hydrogen (secondary N) is 1. The zero-order valence-corrected chi connectivity index (χ0v) is 14.0. The average molecular weight is 378 g/mol. The van der Waals surface area contributed by atoms with Gasteiger partial charge in [0.15, 0.2) is 0 Å². The van der Waals surface area contributed by atoms with Crippen molar-refractivity contribution in [2.75, 3.05) is 6.54 Å². The Morgan fingerprint density at radius 2 is 2.09 bits per heavy atom. The Labute approximate surface area is 139 Å². The number of nitrogens with zero attached hydrogens (tertiary/aromatic N) is 4. The van der Waals surface area contributed by atoms with Crippen LogP contribution in [0.25, 0.3) is 4.96 Å². The third-order valence-corrected chi connectivity index (χ3v) is 5.93. The fourth-order valence-electron chi connectivity index (χ4n) is 1.72. The standard InChI is InChI=1S/C11H9Cl2N5O2S2/c12-8-2-1-7(5-9(8)13)22(19,20)15-4-3-10-17-18-6-14-16-11(18)21-10/h1-2,5-6,15H,3-4H2. The molecule has 22 heavy (non-hydrogen) atoms. The molecule has 1 N–H and O–H groups in total. The van der Waals surface area contributed by atoms with Crippen molar-refractivity contribution in [1.82, 2.24) is 24.5 Å². The van der Waals surface area contributed by atoms with E-state index in [1.54, 1.807) is 4.52 Å². The molecule has 0 spiro atoms. The molecule has 0 aliphatic carbocycles. The Kier molecular flexibility index (Phi) is 4.33. The van der Waals surface area contributed by atoms with E-state index in [0.717, 1.165) is 5.01 Å². The first-order valence-corrected chi connectivity index (χ1v) is 9.12. The molecular weight excluding hydrogens is 369 g/mol. The second-order valence-corrected chi connectivity index (χ2v) is 7.90. The third kappa shape index (κ3) is 3.23. The molecule has 0 fully saturated rings. The molecule has 3 aromatic rings. The minimum Gasteiger partial charge on any atom is -0.211 e. The molecule has 7 nitrogen and oxygen atoms in total. The SMILES string of the molecule is O=S(=O)(NCCc1nn2cnnc2s1)c1ccc(Cl)c(Cl)c1. The van der Waals surface area contributed by atoms with Crippen LogP contribution < -0.4 is 4.72 Å². The molecule has 0 saturated heterocycles. The van der Waals surface area contributed by atoms with Crippen molar-refractivity contribution in [2.45, 2.75) is 11.3 Å². The maximum atomic E-state index is 12.2. The second-order valence-electron chi connectivity index (χ2n) is 4.28. The Morgan fingerprint density at radius 1 is 1.27 bits per heavy atom. The van der Waals surface area contributed by atoms with Crippen molar-refractivity contribution in [3.63, 3.8) is 0 Å². The first kappa shape index (κ1) is 15.6. The van der Waals surface area contributed by atoms with Gasteiger partial charge in [-0.3, -0.25) is 0 Å². The van der Waals surface area contributed by atoms with Gasteiger partial charge in [-0.25, -0.2) is 13.1 Å². The van der Waals surface area contributed by atoms with Gasteiger partial charge >= 0.3 is 0 Å². The molecule has 3 rings (SSSR count). The summed E-state index contributed by atoms with van der Waals surface area (Å²) >= 11 is 13.0. The number of aromatic nitrogens is 4. The van der Waals surface area contributed by atoms with E-state index in [9.17, 15) is 8.42 Å². The minimum absolute atomic E-state index is 0.0695. The summed E-state index contributed by atoms with van der Waals surface area (Å²) in [7, 11) is -3.64.